The van der Waals surface area contributed by atoms with Gasteiger partial charge in [-0.25, -0.2) is 4.79 Å². The van der Waals surface area contributed by atoms with Crippen molar-refractivity contribution in [3.63, 3.8) is 0 Å². The maximum atomic E-state index is 10.9. The van der Waals surface area contributed by atoms with Gasteiger partial charge in [0, 0.05) is 16.2 Å². The second-order valence-electron chi connectivity index (χ2n) is 4.75. The van der Waals surface area contributed by atoms with Crippen molar-refractivity contribution in [1.29, 1.82) is 0 Å². The van der Waals surface area contributed by atoms with Gasteiger partial charge in [-0.1, -0.05) is 28.1 Å². The Morgan fingerprint density at radius 2 is 1.85 bits per heavy atom. The summed E-state index contributed by atoms with van der Waals surface area (Å²) in [4.78, 5) is 10.9. The molecule has 2 N–H and O–H groups in total. The Bertz CT molecular complexity index is 623. The lowest BCUT2D eigenvalue weighted by atomic mass is 10.1. The summed E-state index contributed by atoms with van der Waals surface area (Å²) >= 11 is 3.42. The molecule has 0 bridgehead atoms. The SMILES string of the molecule is Cc1cc(C(=O)O)ccc1NC(C)c1ccc(Br)cc1. The molecule has 1 atom stereocenters. The molecule has 104 valence electrons. The summed E-state index contributed by atoms with van der Waals surface area (Å²) in [5.41, 5.74) is 3.36. The summed E-state index contributed by atoms with van der Waals surface area (Å²) in [7, 11) is 0. The van der Waals surface area contributed by atoms with Gasteiger partial charge in [0.15, 0.2) is 0 Å². The van der Waals surface area contributed by atoms with Gasteiger partial charge in [-0.15, -0.1) is 0 Å². The normalized spacial score (nSPS) is 11.9. The van der Waals surface area contributed by atoms with Crippen molar-refractivity contribution in [2.75, 3.05) is 5.32 Å². The maximum absolute atomic E-state index is 10.9. The molecule has 3 nitrogen and oxygen atoms in total. The average Bonchev–Trinajstić information content (AvgIpc) is 2.41. The summed E-state index contributed by atoms with van der Waals surface area (Å²) in [6.45, 7) is 3.98. The molecule has 0 aliphatic heterocycles. The van der Waals surface area contributed by atoms with E-state index in [2.05, 4.69) is 40.3 Å². The first-order chi connectivity index (χ1) is 9.47. The van der Waals surface area contributed by atoms with Crippen molar-refractivity contribution < 1.29 is 9.90 Å². The first-order valence-electron chi connectivity index (χ1n) is 6.33. The molecule has 0 amide bonds. The van der Waals surface area contributed by atoms with Gasteiger partial charge in [-0.3, -0.25) is 0 Å². The fourth-order valence-corrected chi connectivity index (χ4v) is 2.29. The number of aryl methyl sites for hydroxylation is 1. The van der Waals surface area contributed by atoms with Crippen LogP contribution in [0.4, 0.5) is 5.69 Å². The van der Waals surface area contributed by atoms with Crippen LogP contribution in [0.5, 0.6) is 0 Å². The Morgan fingerprint density at radius 3 is 2.40 bits per heavy atom. The second kappa shape index (κ2) is 6.09. The fourth-order valence-electron chi connectivity index (χ4n) is 2.03. The van der Waals surface area contributed by atoms with Crippen LogP contribution in [0.1, 0.15) is 34.5 Å². The van der Waals surface area contributed by atoms with Crippen molar-refractivity contribution in [2.45, 2.75) is 19.9 Å². The quantitative estimate of drug-likeness (QED) is 0.857. The molecule has 2 aromatic rings. The highest BCUT2D eigenvalue weighted by Gasteiger charge is 2.09. The van der Waals surface area contributed by atoms with Gasteiger partial charge < -0.3 is 10.4 Å². The number of hydrogen-bond donors (Lipinski definition) is 2. The highest BCUT2D eigenvalue weighted by Crippen LogP contribution is 2.24. The Morgan fingerprint density at radius 1 is 1.20 bits per heavy atom. The molecule has 2 rings (SSSR count). The van der Waals surface area contributed by atoms with Crippen molar-refractivity contribution in [3.05, 3.63) is 63.6 Å². The number of carbonyl (C=O) groups is 1. The van der Waals surface area contributed by atoms with E-state index in [4.69, 9.17) is 5.11 Å². The molecule has 0 saturated heterocycles. The highest BCUT2D eigenvalue weighted by atomic mass is 79.9. The van der Waals surface area contributed by atoms with E-state index in [0.29, 0.717) is 5.56 Å². The minimum atomic E-state index is -0.902. The van der Waals surface area contributed by atoms with Gasteiger partial charge in [0.25, 0.3) is 0 Å². The Balaban J connectivity index is 2.17. The third kappa shape index (κ3) is 3.39. The van der Waals surface area contributed by atoms with Crippen LogP contribution in [0.3, 0.4) is 0 Å². The standard InChI is InChI=1S/C16H16BrNO2/c1-10-9-13(16(19)20)5-8-15(10)18-11(2)12-3-6-14(17)7-4-12/h3-9,11,18H,1-2H3,(H,19,20). The van der Waals surface area contributed by atoms with E-state index in [0.717, 1.165) is 15.7 Å². The summed E-state index contributed by atoms with van der Waals surface area (Å²) < 4.78 is 1.05. The van der Waals surface area contributed by atoms with Crippen LogP contribution in [0.15, 0.2) is 46.9 Å². The molecule has 0 spiro atoms. The zero-order chi connectivity index (χ0) is 14.7. The van der Waals surface area contributed by atoms with Gasteiger partial charge in [0.05, 0.1) is 5.56 Å². The smallest absolute Gasteiger partial charge is 0.335 e. The number of benzene rings is 2. The van der Waals surface area contributed by atoms with Gasteiger partial charge in [0.1, 0.15) is 0 Å². The van der Waals surface area contributed by atoms with E-state index >= 15 is 0 Å². The van der Waals surface area contributed by atoms with Gasteiger partial charge >= 0.3 is 5.97 Å². The molecule has 0 radical (unpaired) electrons. The Labute approximate surface area is 126 Å². The zero-order valence-corrected chi connectivity index (χ0v) is 12.9. The van der Waals surface area contributed by atoms with E-state index in [1.165, 1.54) is 5.56 Å². The molecule has 4 heteroatoms. The lowest BCUT2D eigenvalue weighted by Crippen LogP contribution is -2.08. The summed E-state index contributed by atoms with van der Waals surface area (Å²) in [6, 6.07) is 13.4. The molecule has 0 aliphatic rings. The molecule has 0 aromatic heterocycles. The molecular formula is C16H16BrNO2. The number of nitrogens with one attached hydrogen (secondary N) is 1. The topological polar surface area (TPSA) is 49.3 Å². The fraction of sp³-hybridized carbons (Fsp3) is 0.188. The molecule has 0 fully saturated rings. The largest absolute Gasteiger partial charge is 0.478 e. The molecule has 2 aromatic carbocycles. The van der Waals surface area contributed by atoms with Crippen molar-refractivity contribution >= 4 is 27.6 Å². The number of carboxylic acid groups (broad SMARTS) is 1. The molecule has 1 unspecified atom stereocenters. The van der Waals surface area contributed by atoms with E-state index in [1.807, 2.05) is 25.1 Å². The monoisotopic (exact) mass is 333 g/mol. The number of rotatable bonds is 4. The van der Waals surface area contributed by atoms with E-state index in [-0.39, 0.29) is 6.04 Å². The van der Waals surface area contributed by atoms with Crippen molar-refractivity contribution in [1.82, 2.24) is 0 Å². The van der Waals surface area contributed by atoms with E-state index in [9.17, 15) is 4.79 Å². The Hall–Kier alpha value is -1.81. The number of halogens is 1. The van der Waals surface area contributed by atoms with E-state index < -0.39 is 5.97 Å². The van der Waals surface area contributed by atoms with Crippen LogP contribution < -0.4 is 5.32 Å². The van der Waals surface area contributed by atoms with Crippen LogP contribution in [-0.2, 0) is 0 Å². The predicted octanol–water partition coefficient (Wildman–Crippen LogP) is 4.63. The van der Waals surface area contributed by atoms with Crippen molar-refractivity contribution in [3.8, 4) is 0 Å². The second-order valence-corrected chi connectivity index (χ2v) is 5.67. The lowest BCUT2D eigenvalue weighted by Gasteiger charge is -2.18. The summed E-state index contributed by atoms with van der Waals surface area (Å²) in [5, 5.41) is 12.4. The molecule has 20 heavy (non-hydrogen) atoms. The lowest BCUT2D eigenvalue weighted by molar-refractivity contribution is 0.0697. The molecule has 0 aliphatic carbocycles. The third-order valence-corrected chi connectivity index (χ3v) is 3.74. The highest BCUT2D eigenvalue weighted by molar-refractivity contribution is 9.10. The molecular weight excluding hydrogens is 318 g/mol. The van der Waals surface area contributed by atoms with Gasteiger partial charge in [-0.2, -0.15) is 0 Å². The van der Waals surface area contributed by atoms with Gasteiger partial charge in [-0.05, 0) is 55.3 Å². The van der Waals surface area contributed by atoms with Gasteiger partial charge in [0.2, 0.25) is 0 Å². The van der Waals surface area contributed by atoms with Crippen LogP contribution >= 0.6 is 15.9 Å². The molecule has 0 heterocycles. The number of carboxylic acids is 1. The first-order valence-corrected chi connectivity index (χ1v) is 7.12. The predicted molar refractivity (Wildman–Crippen MR) is 84.3 cm³/mol. The maximum Gasteiger partial charge on any atom is 0.335 e. The average molecular weight is 334 g/mol. The third-order valence-electron chi connectivity index (χ3n) is 3.22. The van der Waals surface area contributed by atoms with Crippen molar-refractivity contribution in [2.24, 2.45) is 0 Å². The minimum absolute atomic E-state index is 0.150. The van der Waals surface area contributed by atoms with Crippen LogP contribution in [0.25, 0.3) is 0 Å². The summed E-state index contributed by atoms with van der Waals surface area (Å²) in [6.07, 6.45) is 0. The zero-order valence-electron chi connectivity index (χ0n) is 11.4. The van der Waals surface area contributed by atoms with Crippen LogP contribution in [0.2, 0.25) is 0 Å². The first kappa shape index (κ1) is 14.6. The number of anilines is 1. The number of aromatic carboxylic acids is 1. The Kier molecular flexibility index (Phi) is 4.45. The van der Waals surface area contributed by atoms with Crippen LogP contribution in [-0.4, -0.2) is 11.1 Å². The summed E-state index contributed by atoms with van der Waals surface area (Å²) in [5.74, 6) is -0.902. The van der Waals surface area contributed by atoms with E-state index in [1.54, 1.807) is 12.1 Å². The minimum Gasteiger partial charge on any atom is -0.478 e. The van der Waals surface area contributed by atoms with Crippen LogP contribution in [0, 0.1) is 6.92 Å². The molecule has 0 saturated carbocycles. The number of hydrogen-bond acceptors (Lipinski definition) is 2.